The van der Waals surface area contributed by atoms with Crippen LogP contribution in [-0.4, -0.2) is 32.1 Å². The second-order valence-corrected chi connectivity index (χ2v) is 7.41. The first-order chi connectivity index (χ1) is 14.5. The van der Waals surface area contributed by atoms with Crippen LogP contribution in [0.2, 0.25) is 0 Å². The van der Waals surface area contributed by atoms with Crippen molar-refractivity contribution >= 4 is 11.8 Å². The Kier molecular flexibility index (Phi) is 6.98. The van der Waals surface area contributed by atoms with E-state index < -0.39 is 11.9 Å². The van der Waals surface area contributed by atoms with E-state index in [9.17, 15) is 9.59 Å². The number of esters is 1. The molecular weight excluding hydrogens is 382 g/mol. The summed E-state index contributed by atoms with van der Waals surface area (Å²) in [5, 5.41) is 3.28. The fourth-order valence-corrected chi connectivity index (χ4v) is 3.99. The first-order valence-electron chi connectivity index (χ1n) is 10.3. The third kappa shape index (κ3) is 4.27. The number of carbonyl (C=O) groups excluding carboxylic acids is 2. The summed E-state index contributed by atoms with van der Waals surface area (Å²) < 4.78 is 16.7. The molecule has 160 valence electrons. The number of hydrogen-bond acceptors (Lipinski definition) is 6. The van der Waals surface area contributed by atoms with Gasteiger partial charge in [0, 0.05) is 29.3 Å². The zero-order valence-electron chi connectivity index (χ0n) is 17.9. The molecule has 30 heavy (non-hydrogen) atoms. The minimum atomic E-state index is -0.513. The quantitative estimate of drug-likeness (QED) is 0.511. The molecule has 1 aliphatic carbocycles. The van der Waals surface area contributed by atoms with Crippen LogP contribution in [0.5, 0.6) is 11.5 Å². The number of ether oxygens (including phenoxy) is 3. The number of hydrogen-bond donors (Lipinski definition) is 1. The number of ketones is 1. The average Bonchev–Trinajstić information content (AvgIpc) is 2.75. The number of nitrogens with one attached hydrogen (secondary N) is 1. The van der Waals surface area contributed by atoms with Gasteiger partial charge in [0.05, 0.1) is 19.3 Å². The van der Waals surface area contributed by atoms with E-state index in [4.69, 9.17) is 14.2 Å². The third-order valence-electron chi connectivity index (χ3n) is 5.31. The highest BCUT2D eigenvalue weighted by Crippen LogP contribution is 2.44. The van der Waals surface area contributed by atoms with Crippen LogP contribution < -0.4 is 14.8 Å². The van der Waals surface area contributed by atoms with E-state index in [0.29, 0.717) is 41.4 Å². The smallest absolute Gasteiger partial charge is 0.337 e. The maximum absolute atomic E-state index is 12.9. The van der Waals surface area contributed by atoms with E-state index in [-0.39, 0.29) is 12.4 Å². The fraction of sp³-hybridized carbons (Fsp3) is 0.417. The zero-order valence-corrected chi connectivity index (χ0v) is 17.9. The van der Waals surface area contributed by atoms with Crippen molar-refractivity contribution in [2.75, 3.05) is 20.3 Å². The normalized spacial score (nSPS) is 18.5. The molecule has 1 aromatic rings. The molecule has 1 atom stereocenters. The van der Waals surface area contributed by atoms with E-state index in [0.717, 1.165) is 30.5 Å². The fourth-order valence-electron chi connectivity index (χ4n) is 3.99. The molecule has 0 saturated carbocycles. The van der Waals surface area contributed by atoms with Gasteiger partial charge in [0.1, 0.15) is 6.61 Å². The summed E-state index contributed by atoms with van der Waals surface area (Å²) in [4.78, 5) is 25.9. The van der Waals surface area contributed by atoms with Crippen LogP contribution in [0.1, 0.15) is 51.0 Å². The lowest BCUT2D eigenvalue weighted by Crippen LogP contribution is -2.34. The highest BCUT2D eigenvalue weighted by molar-refractivity contribution is 6.03. The van der Waals surface area contributed by atoms with E-state index in [1.54, 1.807) is 7.11 Å². The summed E-state index contributed by atoms with van der Waals surface area (Å²) >= 11 is 0. The minimum absolute atomic E-state index is 0.0561. The van der Waals surface area contributed by atoms with Crippen molar-refractivity contribution in [1.29, 1.82) is 0 Å². The standard InChI is InChI=1S/C24H29NO5/c1-5-12-29-19-11-10-16(14-20(19)28-4)22-21(24(27)30-13-6-2)15(3)25-17-8-7-9-18(26)23(17)22/h6,10-11,14,22,25H,2,5,7-9,12-13H2,1,3-4H3. The van der Waals surface area contributed by atoms with Gasteiger partial charge >= 0.3 is 5.97 Å². The molecule has 0 radical (unpaired) electrons. The highest BCUT2D eigenvalue weighted by atomic mass is 16.5. The third-order valence-corrected chi connectivity index (χ3v) is 5.31. The van der Waals surface area contributed by atoms with Gasteiger partial charge in [0.2, 0.25) is 0 Å². The van der Waals surface area contributed by atoms with Crippen LogP contribution in [0, 0.1) is 0 Å². The van der Waals surface area contributed by atoms with Gasteiger partial charge < -0.3 is 19.5 Å². The van der Waals surface area contributed by atoms with E-state index in [1.165, 1.54) is 6.08 Å². The molecule has 0 bridgehead atoms. The van der Waals surface area contributed by atoms with Crippen molar-refractivity contribution in [3.05, 3.63) is 59.0 Å². The molecule has 6 nitrogen and oxygen atoms in total. The van der Waals surface area contributed by atoms with E-state index in [1.807, 2.05) is 32.0 Å². The van der Waals surface area contributed by atoms with Crippen molar-refractivity contribution < 1.29 is 23.8 Å². The van der Waals surface area contributed by atoms with Gasteiger partial charge in [-0.25, -0.2) is 4.79 Å². The molecule has 1 N–H and O–H groups in total. The predicted octanol–water partition coefficient (Wildman–Crippen LogP) is 4.18. The van der Waals surface area contributed by atoms with Crippen molar-refractivity contribution in [2.24, 2.45) is 0 Å². The largest absolute Gasteiger partial charge is 0.493 e. The molecule has 2 aliphatic rings. The summed E-state index contributed by atoms with van der Waals surface area (Å²) in [6.07, 6.45) is 4.45. The van der Waals surface area contributed by atoms with Crippen LogP contribution in [0.3, 0.4) is 0 Å². The highest BCUT2D eigenvalue weighted by Gasteiger charge is 2.39. The number of Topliss-reactive ketones (excluding diaryl/α,β-unsaturated/α-hetero) is 1. The summed E-state index contributed by atoms with van der Waals surface area (Å²) in [6, 6.07) is 5.58. The maximum Gasteiger partial charge on any atom is 0.337 e. The van der Waals surface area contributed by atoms with Gasteiger partial charge in [-0.3, -0.25) is 4.79 Å². The Labute approximate surface area is 177 Å². The molecular formula is C24H29NO5. The molecule has 1 aliphatic heterocycles. The second kappa shape index (κ2) is 9.65. The molecule has 6 heteroatoms. The maximum atomic E-state index is 12.9. The Morgan fingerprint density at radius 3 is 2.80 bits per heavy atom. The lowest BCUT2D eigenvalue weighted by molar-refractivity contribution is -0.138. The number of carbonyl (C=O) groups is 2. The monoisotopic (exact) mass is 411 g/mol. The lowest BCUT2D eigenvalue weighted by Gasteiger charge is -2.34. The van der Waals surface area contributed by atoms with Crippen LogP contribution in [0.15, 0.2) is 53.4 Å². The van der Waals surface area contributed by atoms with Crippen molar-refractivity contribution in [2.45, 2.75) is 45.4 Å². The van der Waals surface area contributed by atoms with E-state index in [2.05, 4.69) is 11.9 Å². The Hall–Kier alpha value is -3.02. The summed E-state index contributed by atoms with van der Waals surface area (Å²) in [7, 11) is 1.58. The SMILES string of the molecule is C=CCOC(=O)C1=C(C)NC2=C(C(=O)CCC2)C1c1ccc(OCCC)c(OC)c1. The van der Waals surface area contributed by atoms with Crippen molar-refractivity contribution in [3.8, 4) is 11.5 Å². The Morgan fingerprint density at radius 2 is 2.10 bits per heavy atom. The first-order valence-corrected chi connectivity index (χ1v) is 10.3. The molecule has 1 aromatic carbocycles. The number of benzene rings is 1. The van der Waals surface area contributed by atoms with Crippen molar-refractivity contribution in [3.63, 3.8) is 0 Å². The summed E-state index contributed by atoms with van der Waals surface area (Å²) in [5.74, 6) is 0.292. The Bertz CT molecular complexity index is 912. The molecule has 0 saturated heterocycles. The Morgan fingerprint density at radius 1 is 1.30 bits per heavy atom. The topological polar surface area (TPSA) is 73.9 Å². The molecule has 0 fully saturated rings. The molecule has 3 rings (SSSR count). The number of methoxy groups -OCH3 is 1. The van der Waals surface area contributed by atoms with Crippen molar-refractivity contribution in [1.82, 2.24) is 5.32 Å². The number of allylic oxidation sites excluding steroid dienone is 3. The molecule has 0 spiro atoms. The van der Waals surface area contributed by atoms with Gasteiger partial charge in [-0.1, -0.05) is 25.6 Å². The molecule has 0 aromatic heterocycles. The second-order valence-electron chi connectivity index (χ2n) is 7.41. The van der Waals surface area contributed by atoms with Gasteiger partial charge in [-0.15, -0.1) is 0 Å². The number of dihydropyridines is 1. The van der Waals surface area contributed by atoms with Crippen LogP contribution >= 0.6 is 0 Å². The minimum Gasteiger partial charge on any atom is -0.493 e. The summed E-state index contributed by atoms with van der Waals surface area (Å²) in [5.41, 5.74) is 3.47. The average molecular weight is 411 g/mol. The van der Waals surface area contributed by atoms with Crippen LogP contribution in [0.25, 0.3) is 0 Å². The Balaban J connectivity index is 2.10. The van der Waals surface area contributed by atoms with Gasteiger partial charge in [-0.05, 0) is 43.9 Å². The number of rotatable bonds is 8. The van der Waals surface area contributed by atoms with Crippen LogP contribution in [0.4, 0.5) is 0 Å². The van der Waals surface area contributed by atoms with E-state index >= 15 is 0 Å². The molecule has 1 unspecified atom stereocenters. The van der Waals surface area contributed by atoms with Gasteiger partial charge in [0.25, 0.3) is 0 Å². The molecule has 1 heterocycles. The van der Waals surface area contributed by atoms with Crippen LogP contribution in [-0.2, 0) is 14.3 Å². The predicted molar refractivity (Wildman–Crippen MR) is 114 cm³/mol. The summed E-state index contributed by atoms with van der Waals surface area (Å²) in [6.45, 7) is 8.17. The zero-order chi connectivity index (χ0) is 21.7. The van der Waals surface area contributed by atoms with Gasteiger partial charge in [-0.2, -0.15) is 0 Å². The molecule has 0 amide bonds. The van der Waals surface area contributed by atoms with Gasteiger partial charge in [0.15, 0.2) is 17.3 Å². The lowest BCUT2D eigenvalue weighted by atomic mass is 9.75. The first kappa shape index (κ1) is 21.7.